The molecule has 3 heteroatoms. The van der Waals surface area contributed by atoms with E-state index in [-0.39, 0.29) is 0 Å². The summed E-state index contributed by atoms with van der Waals surface area (Å²) >= 11 is 0. The maximum Gasteiger partial charge on any atom is 0.423 e. The molecule has 0 unspecified atom stereocenters. The predicted octanol–water partition coefficient (Wildman–Crippen LogP) is 4.08. The molecule has 0 N–H and O–H groups in total. The highest BCUT2D eigenvalue weighted by molar-refractivity contribution is 5.29. The number of unbranched alkanes of at least 4 members (excludes halogenated alkanes) is 4. The molecule has 0 radical (unpaired) electrons. The summed E-state index contributed by atoms with van der Waals surface area (Å²) < 4.78 is 35.6. The van der Waals surface area contributed by atoms with E-state index in [0.717, 1.165) is 25.7 Å². The number of allylic oxidation sites excluding steroid dienone is 1. The van der Waals surface area contributed by atoms with E-state index in [1.807, 2.05) is 5.92 Å². The molecule has 0 aliphatic rings. The van der Waals surface area contributed by atoms with Crippen LogP contribution in [0, 0.1) is 11.8 Å². The van der Waals surface area contributed by atoms with E-state index >= 15 is 0 Å². The SMILES string of the molecule is C=C(C#CCCCCCC)C(F)(F)F. The van der Waals surface area contributed by atoms with Gasteiger partial charge < -0.3 is 0 Å². The average molecular weight is 204 g/mol. The lowest BCUT2D eigenvalue weighted by atomic mass is 10.1. The lowest BCUT2D eigenvalue weighted by molar-refractivity contribution is -0.0868. The normalized spacial score (nSPS) is 10.6. The van der Waals surface area contributed by atoms with Crippen LogP contribution in [0.4, 0.5) is 13.2 Å². The molecule has 0 aromatic rings. The largest absolute Gasteiger partial charge is 0.423 e. The summed E-state index contributed by atoms with van der Waals surface area (Å²) in [6, 6.07) is 0. The van der Waals surface area contributed by atoms with E-state index in [1.165, 1.54) is 0 Å². The molecule has 0 rings (SSSR count). The summed E-state index contributed by atoms with van der Waals surface area (Å²) in [6.45, 7) is 4.94. The van der Waals surface area contributed by atoms with Gasteiger partial charge in [0.2, 0.25) is 0 Å². The molecule has 0 fully saturated rings. The predicted molar refractivity (Wildman–Crippen MR) is 51.7 cm³/mol. The van der Waals surface area contributed by atoms with Crippen LogP contribution >= 0.6 is 0 Å². The van der Waals surface area contributed by atoms with Crippen LogP contribution < -0.4 is 0 Å². The third kappa shape index (κ3) is 6.59. The molecule has 0 spiro atoms. The van der Waals surface area contributed by atoms with Gasteiger partial charge in [-0.15, -0.1) is 0 Å². The van der Waals surface area contributed by atoms with Crippen LogP contribution in [0.2, 0.25) is 0 Å². The van der Waals surface area contributed by atoms with E-state index in [0.29, 0.717) is 6.42 Å². The van der Waals surface area contributed by atoms with Gasteiger partial charge in [-0.3, -0.25) is 0 Å². The molecule has 14 heavy (non-hydrogen) atoms. The first kappa shape index (κ1) is 13.1. The second-order valence-corrected chi connectivity index (χ2v) is 3.09. The van der Waals surface area contributed by atoms with Crippen molar-refractivity contribution in [1.29, 1.82) is 0 Å². The Bertz CT molecular complexity index is 227. The first-order valence-electron chi connectivity index (χ1n) is 4.73. The van der Waals surface area contributed by atoms with Crippen molar-refractivity contribution in [2.45, 2.75) is 45.2 Å². The van der Waals surface area contributed by atoms with Crippen LogP contribution in [0.5, 0.6) is 0 Å². The fourth-order valence-electron chi connectivity index (χ4n) is 0.880. The highest BCUT2D eigenvalue weighted by atomic mass is 19.4. The van der Waals surface area contributed by atoms with Crippen molar-refractivity contribution in [2.75, 3.05) is 0 Å². The van der Waals surface area contributed by atoms with Gasteiger partial charge >= 0.3 is 6.18 Å². The van der Waals surface area contributed by atoms with Gasteiger partial charge in [0.15, 0.2) is 0 Å². The number of alkyl halides is 3. The van der Waals surface area contributed by atoms with E-state index in [4.69, 9.17) is 0 Å². The van der Waals surface area contributed by atoms with Crippen molar-refractivity contribution < 1.29 is 13.2 Å². The lowest BCUT2D eigenvalue weighted by Crippen LogP contribution is -2.08. The minimum Gasteiger partial charge on any atom is -0.165 e. The Balaban J connectivity index is 3.68. The third-order valence-corrected chi connectivity index (χ3v) is 1.74. The first-order chi connectivity index (χ1) is 6.48. The monoisotopic (exact) mass is 204 g/mol. The molecule has 0 heterocycles. The van der Waals surface area contributed by atoms with Crippen molar-refractivity contribution in [2.24, 2.45) is 0 Å². The Kier molecular flexibility index (Phi) is 6.11. The van der Waals surface area contributed by atoms with Gasteiger partial charge in [0.25, 0.3) is 0 Å². The summed E-state index contributed by atoms with van der Waals surface area (Å²) in [6.07, 6.45) is 0.283. The zero-order chi connectivity index (χ0) is 11.0. The number of halogens is 3. The van der Waals surface area contributed by atoms with Gasteiger partial charge in [0.1, 0.15) is 0 Å². The third-order valence-electron chi connectivity index (χ3n) is 1.74. The van der Waals surface area contributed by atoms with Crippen molar-refractivity contribution in [3.8, 4) is 11.8 Å². The van der Waals surface area contributed by atoms with Gasteiger partial charge in [-0.05, 0) is 6.42 Å². The zero-order valence-electron chi connectivity index (χ0n) is 8.38. The summed E-state index contributed by atoms with van der Waals surface area (Å²) in [5.74, 6) is 4.51. The molecule has 0 nitrogen and oxygen atoms in total. The van der Waals surface area contributed by atoms with Gasteiger partial charge in [0.05, 0.1) is 5.57 Å². The van der Waals surface area contributed by atoms with Crippen molar-refractivity contribution in [3.05, 3.63) is 12.2 Å². The lowest BCUT2D eigenvalue weighted by Gasteiger charge is -2.01. The molecular formula is C11H15F3. The van der Waals surface area contributed by atoms with Gasteiger partial charge in [-0.2, -0.15) is 13.2 Å². The quantitative estimate of drug-likeness (QED) is 0.478. The molecule has 0 amide bonds. The Morgan fingerprint density at radius 1 is 1.21 bits per heavy atom. The Morgan fingerprint density at radius 2 is 1.86 bits per heavy atom. The molecule has 0 atom stereocenters. The van der Waals surface area contributed by atoms with Crippen molar-refractivity contribution >= 4 is 0 Å². The van der Waals surface area contributed by atoms with Gasteiger partial charge in [0, 0.05) is 6.42 Å². The van der Waals surface area contributed by atoms with Crippen LogP contribution in [0.3, 0.4) is 0 Å². The Labute approximate surface area is 83.2 Å². The molecule has 0 aliphatic carbocycles. The molecule has 80 valence electrons. The van der Waals surface area contributed by atoms with Crippen LogP contribution in [0.15, 0.2) is 12.2 Å². The van der Waals surface area contributed by atoms with Gasteiger partial charge in [-0.25, -0.2) is 0 Å². The smallest absolute Gasteiger partial charge is 0.165 e. The van der Waals surface area contributed by atoms with Crippen LogP contribution in [-0.2, 0) is 0 Å². The highest BCUT2D eigenvalue weighted by Crippen LogP contribution is 2.22. The fourth-order valence-corrected chi connectivity index (χ4v) is 0.880. The summed E-state index contributed by atoms with van der Waals surface area (Å²) in [5, 5.41) is 0. The maximum atomic E-state index is 11.9. The number of hydrogen-bond acceptors (Lipinski definition) is 0. The molecule has 0 saturated heterocycles. The standard InChI is InChI=1S/C11H15F3/c1-3-4-5-6-7-8-9-10(2)11(12,13)14/h2-7H2,1H3. The van der Waals surface area contributed by atoms with E-state index in [2.05, 4.69) is 19.4 Å². The zero-order valence-corrected chi connectivity index (χ0v) is 8.38. The summed E-state index contributed by atoms with van der Waals surface area (Å²) in [7, 11) is 0. The molecular weight excluding hydrogens is 189 g/mol. The summed E-state index contributed by atoms with van der Waals surface area (Å²) in [5.41, 5.74) is -0.951. The second-order valence-electron chi connectivity index (χ2n) is 3.09. The first-order valence-corrected chi connectivity index (χ1v) is 4.73. The molecule has 0 aromatic heterocycles. The average Bonchev–Trinajstić information content (AvgIpc) is 2.09. The topological polar surface area (TPSA) is 0 Å². The number of hydrogen-bond donors (Lipinski definition) is 0. The Morgan fingerprint density at radius 3 is 2.36 bits per heavy atom. The molecule has 0 aliphatic heterocycles. The molecule has 0 bridgehead atoms. The van der Waals surface area contributed by atoms with Crippen LogP contribution in [0.1, 0.15) is 39.0 Å². The molecule has 0 saturated carbocycles. The maximum absolute atomic E-state index is 11.9. The van der Waals surface area contributed by atoms with Gasteiger partial charge in [-0.1, -0.05) is 44.6 Å². The highest BCUT2D eigenvalue weighted by Gasteiger charge is 2.30. The Hall–Kier alpha value is -0.910. The van der Waals surface area contributed by atoms with Crippen LogP contribution in [0.25, 0.3) is 0 Å². The van der Waals surface area contributed by atoms with Crippen LogP contribution in [-0.4, -0.2) is 6.18 Å². The molecule has 0 aromatic carbocycles. The minimum atomic E-state index is -4.36. The minimum absolute atomic E-state index is 0.523. The second kappa shape index (κ2) is 6.53. The van der Waals surface area contributed by atoms with Crippen molar-refractivity contribution in [1.82, 2.24) is 0 Å². The number of rotatable bonds is 4. The summed E-state index contributed by atoms with van der Waals surface area (Å²) in [4.78, 5) is 0. The fraction of sp³-hybridized carbons (Fsp3) is 0.636. The van der Waals surface area contributed by atoms with Crippen molar-refractivity contribution in [3.63, 3.8) is 0 Å². The van der Waals surface area contributed by atoms with E-state index < -0.39 is 11.7 Å². The van der Waals surface area contributed by atoms with E-state index in [1.54, 1.807) is 0 Å². The van der Waals surface area contributed by atoms with E-state index in [9.17, 15) is 13.2 Å².